The van der Waals surface area contributed by atoms with Gasteiger partial charge in [-0.1, -0.05) is 6.92 Å². The van der Waals surface area contributed by atoms with Gasteiger partial charge in [0.1, 0.15) is 0 Å². The monoisotopic (exact) mass is 262 g/mol. The summed E-state index contributed by atoms with van der Waals surface area (Å²) in [7, 11) is 0. The van der Waals surface area contributed by atoms with Gasteiger partial charge in [-0.2, -0.15) is 0 Å². The number of aromatic nitrogens is 2. The van der Waals surface area contributed by atoms with Crippen LogP contribution in [0.3, 0.4) is 0 Å². The standard InChI is InChI=1S/C14H22N4O/c1-2-15-8-11-9-16-14(17-10-11)18-6-7-19-13-5-3-4-12(13)18/h9-10,12-13,15H,2-8H2,1H3. The Labute approximate surface area is 114 Å². The average molecular weight is 262 g/mol. The van der Waals surface area contributed by atoms with Gasteiger partial charge in [0.15, 0.2) is 0 Å². The van der Waals surface area contributed by atoms with Crippen LogP contribution in [0.25, 0.3) is 0 Å². The predicted molar refractivity (Wildman–Crippen MR) is 74.1 cm³/mol. The molecule has 1 saturated heterocycles. The van der Waals surface area contributed by atoms with Gasteiger partial charge in [0.2, 0.25) is 5.95 Å². The number of anilines is 1. The predicted octanol–water partition coefficient (Wildman–Crippen LogP) is 1.34. The molecule has 1 aromatic rings. The number of fused-ring (bicyclic) bond motifs is 1. The third-order valence-corrected chi connectivity index (χ3v) is 4.01. The van der Waals surface area contributed by atoms with E-state index < -0.39 is 0 Å². The molecule has 2 heterocycles. The summed E-state index contributed by atoms with van der Waals surface area (Å²) in [5, 5.41) is 3.29. The Bertz CT molecular complexity index is 408. The highest BCUT2D eigenvalue weighted by Crippen LogP contribution is 2.31. The molecular weight excluding hydrogens is 240 g/mol. The molecule has 0 bridgehead atoms. The third-order valence-electron chi connectivity index (χ3n) is 4.01. The summed E-state index contributed by atoms with van der Waals surface area (Å²) in [5.74, 6) is 0.862. The van der Waals surface area contributed by atoms with Gasteiger partial charge in [-0.05, 0) is 25.8 Å². The molecule has 0 aromatic carbocycles. The van der Waals surface area contributed by atoms with Gasteiger partial charge in [-0.3, -0.25) is 0 Å². The maximum Gasteiger partial charge on any atom is 0.225 e. The summed E-state index contributed by atoms with van der Waals surface area (Å²) in [5.41, 5.74) is 1.14. The zero-order chi connectivity index (χ0) is 13.1. The molecule has 2 atom stereocenters. The van der Waals surface area contributed by atoms with Gasteiger partial charge < -0.3 is 15.0 Å². The van der Waals surface area contributed by atoms with Crippen molar-refractivity contribution in [2.45, 2.75) is 44.9 Å². The van der Waals surface area contributed by atoms with Crippen LogP contribution in [0.1, 0.15) is 31.7 Å². The number of nitrogens with one attached hydrogen (secondary N) is 1. The van der Waals surface area contributed by atoms with E-state index in [1.807, 2.05) is 12.4 Å². The number of ether oxygens (including phenoxy) is 1. The molecule has 2 fully saturated rings. The van der Waals surface area contributed by atoms with E-state index >= 15 is 0 Å². The molecule has 2 unspecified atom stereocenters. The lowest BCUT2D eigenvalue weighted by molar-refractivity contribution is 0.0250. The molecule has 3 rings (SSSR count). The van der Waals surface area contributed by atoms with Gasteiger partial charge in [0.05, 0.1) is 18.8 Å². The van der Waals surface area contributed by atoms with Crippen LogP contribution in [0.2, 0.25) is 0 Å². The van der Waals surface area contributed by atoms with E-state index in [2.05, 4.69) is 27.1 Å². The lowest BCUT2D eigenvalue weighted by Crippen LogP contribution is -2.49. The fourth-order valence-electron chi connectivity index (χ4n) is 3.03. The van der Waals surface area contributed by atoms with Crippen LogP contribution in [0.15, 0.2) is 12.4 Å². The van der Waals surface area contributed by atoms with Crippen molar-refractivity contribution in [1.29, 1.82) is 0 Å². The van der Waals surface area contributed by atoms with Crippen molar-refractivity contribution in [3.63, 3.8) is 0 Å². The maximum absolute atomic E-state index is 5.82. The molecular formula is C14H22N4O. The van der Waals surface area contributed by atoms with Crippen LogP contribution in [0, 0.1) is 0 Å². The maximum atomic E-state index is 5.82. The average Bonchev–Trinajstić information content (AvgIpc) is 2.94. The molecule has 104 valence electrons. The smallest absolute Gasteiger partial charge is 0.225 e. The first-order valence-electron chi connectivity index (χ1n) is 7.28. The fourth-order valence-corrected chi connectivity index (χ4v) is 3.03. The Hall–Kier alpha value is -1.20. The second-order valence-electron chi connectivity index (χ2n) is 5.27. The Morgan fingerprint density at radius 2 is 2.21 bits per heavy atom. The van der Waals surface area contributed by atoms with Crippen LogP contribution >= 0.6 is 0 Å². The van der Waals surface area contributed by atoms with E-state index in [1.54, 1.807) is 0 Å². The summed E-state index contributed by atoms with van der Waals surface area (Å²) < 4.78 is 5.82. The van der Waals surface area contributed by atoms with Crippen molar-refractivity contribution < 1.29 is 4.74 Å². The Morgan fingerprint density at radius 3 is 3.00 bits per heavy atom. The van der Waals surface area contributed by atoms with E-state index in [4.69, 9.17) is 4.74 Å². The van der Waals surface area contributed by atoms with Gasteiger partial charge in [-0.25, -0.2) is 9.97 Å². The van der Waals surface area contributed by atoms with Crippen molar-refractivity contribution in [2.75, 3.05) is 24.6 Å². The first-order chi connectivity index (χ1) is 9.38. The summed E-state index contributed by atoms with van der Waals surface area (Å²) in [6, 6.07) is 0.480. The third kappa shape index (κ3) is 2.72. The minimum absolute atomic E-state index is 0.388. The number of morpholine rings is 1. The molecule has 5 nitrogen and oxygen atoms in total. The highest BCUT2D eigenvalue weighted by Gasteiger charge is 2.37. The van der Waals surface area contributed by atoms with Gasteiger partial charge in [0, 0.05) is 31.0 Å². The molecule has 1 aliphatic carbocycles. The van der Waals surface area contributed by atoms with Gasteiger partial charge >= 0.3 is 0 Å². The normalized spacial score (nSPS) is 26.5. The van der Waals surface area contributed by atoms with E-state index in [1.165, 1.54) is 19.3 Å². The van der Waals surface area contributed by atoms with Crippen molar-refractivity contribution in [3.05, 3.63) is 18.0 Å². The molecule has 19 heavy (non-hydrogen) atoms. The molecule has 0 spiro atoms. The van der Waals surface area contributed by atoms with E-state index in [9.17, 15) is 0 Å². The highest BCUT2D eigenvalue weighted by molar-refractivity contribution is 5.34. The minimum Gasteiger partial charge on any atom is -0.374 e. The Kier molecular flexibility index (Phi) is 3.94. The lowest BCUT2D eigenvalue weighted by atomic mass is 10.1. The Balaban J connectivity index is 1.70. The summed E-state index contributed by atoms with van der Waals surface area (Å²) >= 11 is 0. The lowest BCUT2D eigenvalue weighted by Gasteiger charge is -2.37. The van der Waals surface area contributed by atoms with Crippen LogP contribution in [0.4, 0.5) is 5.95 Å². The SMILES string of the molecule is CCNCc1cnc(N2CCOC3CCCC32)nc1. The first kappa shape index (κ1) is 12.8. The molecule has 0 amide bonds. The fraction of sp³-hybridized carbons (Fsp3) is 0.714. The van der Waals surface area contributed by atoms with Crippen LogP contribution in [-0.4, -0.2) is 41.8 Å². The highest BCUT2D eigenvalue weighted by atomic mass is 16.5. The molecule has 1 aromatic heterocycles. The quantitative estimate of drug-likeness (QED) is 0.887. The first-order valence-corrected chi connectivity index (χ1v) is 7.28. The van der Waals surface area contributed by atoms with Crippen LogP contribution in [0.5, 0.6) is 0 Å². The number of hydrogen-bond acceptors (Lipinski definition) is 5. The largest absolute Gasteiger partial charge is 0.374 e. The second kappa shape index (κ2) is 5.84. The number of nitrogens with zero attached hydrogens (tertiary/aromatic N) is 3. The van der Waals surface area contributed by atoms with Crippen molar-refractivity contribution >= 4 is 5.95 Å². The van der Waals surface area contributed by atoms with Crippen molar-refractivity contribution in [1.82, 2.24) is 15.3 Å². The van der Waals surface area contributed by atoms with Crippen LogP contribution in [-0.2, 0) is 11.3 Å². The molecule has 0 radical (unpaired) electrons. The number of hydrogen-bond donors (Lipinski definition) is 1. The second-order valence-corrected chi connectivity index (χ2v) is 5.27. The zero-order valence-electron chi connectivity index (χ0n) is 11.5. The van der Waals surface area contributed by atoms with Crippen molar-refractivity contribution in [2.24, 2.45) is 0 Å². The zero-order valence-corrected chi connectivity index (χ0v) is 11.5. The topological polar surface area (TPSA) is 50.3 Å². The summed E-state index contributed by atoms with van der Waals surface area (Å²) in [6.45, 7) is 5.61. The van der Waals surface area contributed by atoms with Crippen LogP contribution < -0.4 is 10.2 Å². The number of rotatable bonds is 4. The van der Waals surface area contributed by atoms with E-state index in [0.29, 0.717) is 12.1 Å². The Morgan fingerprint density at radius 1 is 1.37 bits per heavy atom. The molecule has 5 heteroatoms. The van der Waals surface area contributed by atoms with Gasteiger partial charge in [0.25, 0.3) is 0 Å². The molecule has 1 saturated carbocycles. The van der Waals surface area contributed by atoms with E-state index in [0.717, 1.165) is 37.8 Å². The summed E-state index contributed by atoms with van der Waals surface area (Å²) in [4.78, 5) is 11.4. The van der Waals surface area contributed by atoms with Crippen molar-refractivity contribution in [3.8, 4) is 0 Å². The minimum atomic E-state index is 0.388. The molecule has 1 N–H and O–H groups in total. The van der Waals surface area contributed by atoms with Gasteiger partial charge in [-0.15, -0.1) is 0 Å². The molecule has 2 aliphatic rings. The molecule has 1 aliphatic heterocycles. The van der Waals surface area contributed by atoms with E-state index in [-0.39, 0.29) is 0 Å². The summed E-state index contributed by atoms with van der Waals surface area (Å²) in [6.07, 6.45) is 7.89.